The SMILES string of the molecule is Cc1ncc(C2=CC=C(N3CCN(C(=O)NC(N)c4ccc(Cl)c(Cl)c4)CC3)CC2CO)o1. The number of allylic oxidation sites excluding steroid dienone is 3. The van der Waals surface area contributed by atoms with Crippen LogP contribution < -0.4 is 11.1 Å². The van der Waals surface area contributed by atoms with E-state index in [1.807, 2.05) is 6.08 Å². The second-order valence-electron chi connectivity index (χ2n) is 8.18. The number of urea groups is 1. The zero-order valence-electron chi connectivity index (χ0n) is 18.3. The lowest BCUT2D eigenvalue weighted by Crippen LogP contribution is -2.52. The van der Waals surface area contributed by atoms with Crippen LogP contribution in [0.5, 0.6) is 0 Å². The summed E-state index contributed by atoms with van der Waals surface area (Å²) in [5.74, 6) is 1.25. The zero-order valence-corrected chi connectivity index (χ0v) is 19.8. The van der Waals surface area contributed by atoms with E-state index in [0.29, 0.717) is 59.9 Å². The highest BCUT2D eigenvalue weighted by atomic mass is 35.5. The number of aliphatic hydroxyl groups excluding tert-OH is 1. The molecule has 1 fully saturated rings. The first-order chi connectivity index (χ1) is 15.9. The average molecular weight is 492 g/mol. The number of oxazole rings is 1. The third-order valence-corrected chi connectivity index (χ3v) is 6.77. The molecule has 1 saturated heterocycles. The van der Waals surface area contributed by atoms with Gasteiger partial charge in [-0.15, -0.1) is 0 Å². The van der Waals surface area contributed by atoms with Crippen molar-refractivity contribution in [1.82, 2.24) is 20.1 Å². The van der Waals surface area contributed by atoms with Gasteiger partial charge in [-0.1, -0.05) is 35.3 Å². The van der Waals surface area contributed by atoms with E-state index in [1.54, 1.807) is 36.2 Å². The number of hydrogen-bond acceptors (Lipinski definition) is 6. The highest BCUT2D eigenvalue weighted by Crippen LogP contribution is 2.34. The number of halogens is 2. The van der Waals surface area contributed by atoms with E-state index < -0.39 is 6.17 Å². The summed E-state index contributed by atoms with van der Waals surface area (Å²) in [5, 5.41) is 13.6. The Hall–Kier alpha value is -2.52. The Labute approximate surface area is 202 Å². The number of amides is 2. The molecule has 1 aliphatic heterocycles. The summed E-state index contributed by atoms with van der Waals surface area (Å²) in [5.41, 5.74) is 8.92. The Kier molecular flexibility index (Phi) is 7.29. The van der Waals surface area contributed by atoms with Crippen LogP contribution in [0.15, 0.2) is 46.7 Å². The predicted octanol–water partition coefficient (Wildman–Crippen LogP) is 3.55. The normalized spacial score (nSPS) is 19.7. The Bertz CT molecular complexity index is 1080. The van der Waals surface area contributed by atoms with Gasteiger partial charge < -0.3 is 30.4 Å². The van der Waals surface area contributed by atoms with Gasteiger partial charge in [0.2, 0.25) is 0 Å². The van der Waals surface area contributed by atoms with Gasteiger partial charge in [0.15, 0.2) is 11.7 Å². The molecule has 8 nitrogen and oxygen atoms in total. The fourth-order valence-electron chi connectivity index (χ4n) is 4.14. The maximum atomic E-state index is 12.7. The van der Waals surface area contributed by atoms with Gasteiger partial charge in [0, 0.05) is 50.3 Å². The summed E-state index contributed by atoms with van der Waals surface area (Å²) in [7, 11) is 0. The lowest BCUT2D eigenvalue weighted by Gasteiger charge is -2.39. The summed E-state index contributed by atoms with van der Waals surface area (Å²) in [6.07, 6.45) is 5.78. The number of hydrogen-bond donors (Lipinski definition) is 3. The van der Waals surface area contributed by atoms with E-state index in [9.17, 15) is 9.90 Å². The van der Waals surface area contributed by atoms with Gasteiger partial charge in [-0.2, -0.15) is 0 Å². The lowest BCUT2D eigenvalue weighted by atomic mass is 9.88. The van der Waals surface area contributed by atoms with Crippen molar-refractivity contribution >= 4 is 34.8 Å². The molecular weight excluding hydrogens is 465 g/mol. The van der Waals surface area contributed by atoms with Gasteiger partial charge in [-0.3, -0.25) is 0 Å². The molecule has 10 heteroatoms. The number of aliphatic hydroxyl groups is 1. The van der Waals surface area contributed by atoms with Crippen LogP contribution in [-0.2, 0) is 0 Å². The van der Waals surface area contributed by atoms with Crippen LogP contribution in [0.2, 0.25) is 10.0 Å². The average Bonchev–Trinajstić information content (AvgIpc) is 3.26. The fourth-order valence-corrected chi connectivity index (χ4v) is 4.44. The molecule has 2 unspecified atom stereocenters. The number of aromatic nitrogens is 1. The van der Waals surface area contributed by atoms with Crippen molar-refractivity contribution in [3.63, 3.8) is 0 Å². The first-order valence-corrected chi connectivity index (χ1v) is 11.6. The maximum absolute atomic E-state index is 12.7. The number of aryl methyl sites for hydroxylation is 1. The number of rotatable bonds is 5. The molecule has 4 N–H and O–H groups in total. The summed E-state index contributed by atoms with van der Waals surface area (Å²) in [4.78, 5) is 20.9. The van der Waals surface area contributed by atoms with Crippen molar-refractivity contribution in [1.29, 1.82) is 0 Å². The molecule has 176 valence electrons. The quantitative estimate of drug-likeness (QED) is 0.551. The Morgan fingerprint density at radius 1 is 1.27 bits per heavy atom. The van der Waals surface area contributed by atoms with Gasteiger partial charge >= 0.3 is 6.03 Å². The molecule has 2 heterocycles. The lowest BCUT2D eigenvalue weighted by molar-refractivity contribution is 0.149. The fraction of sp³-hybridized carbons (Fsp3) is 0.391. The van der Waals surface area contributed by atoms with Gasteiger partial charge in [0.25, 0.3) is 0 Å². The van der Waals surface area contributed by atoms with Gasteiger partial charge in [0.05, 0.1) is 22.8 Å². The Morgan fingerprint density at radius 2 is 2.03 bits per heavy atom. The zero-order chi connectivity index (χ0) is 23.5. The molecule has 0 spiro atoms. The Balaban J connectivity index is 1.34. The van der Waals surface area contributed by atoms with Crippen molar-refractivity contribution in [2.75, 3.05) is 32.8 Å². The number of piperazine rings is 1. The van der Waals surface area contributed by atoms with E-state index in [0.717, 1.165) is 11.3 Å². The van der Waals surface area contributed by atoms with Crippen LogP contribution in [0.3, 0.4) is 0 Å². The van der Waals surface area contributed by atoms with Crippen molar-refractivity contribution in [2.45, 2.75) is 19.5 Å². The second kappa shape index (κ2) is 10.2. The summed E-state index contributed by atoms with van der Waals surface area (Å²) >= 11 is 12.0. The van der Waals surface area contributed by atoms with Crippen molar-refractivity contribution < 1.29 is 14.3 Å². The van der Waals surface area contributed by atoms with Crippen LogP contribution in [-0.4, -0.2) is 58.7 Å². The first kappa shape index (κ1) is 23.6. The van der Waals surface area contributed by atoms with E-state index in [2.05, 4.69) is 21.3 Å². The van der Waals surface area contributed by atoms with E-state index in [1.165, 1.54) is 0 Å². The van der Waals surface area contributed by atoms with Crippen LogP contribution in [0.1, 0.15) is 29.8 Å². The van der Waals surface area contributed by atoms with E-state index in [-0.39, 0.29) is 18.6 Å². The maximum Gasteiger partial charge on any atom is 0.319 e. The van der Waals surface area contributed by atoms with Crippen molar-refractivity contribution in [2.24, 2.45) is 11.7 Å². The van der Waals surface area contributed by atoms with Gasteiger partial charge in [-0.05, 0) is 30.2 Å². The molecule has 2 amide bonds. The molecule has 2 atom stereocenters. The summed E-state index contributed by atoms with van der Waals surface area (Å²) in [6, 6.07) is 4.83. The number of carbonyl (C=O) groups is 1. The predicted molar refractivity (Wildman–Crippen MR) is 128 cm³/mol. The van der Waals surface area contributed by atoms with Crippen LogP contribution in [0.4, 0.5) is 4.79 Å². The minimum absolute atomic E-state index is 0.0257. The molecule has 1 aromatic carbocycles. The van der Waals surface area contributed by atoms with E-state index in [4.69, 9.17) is 33.4 Å². The van der Waals surface area contributed by atoms with Crippen LogP contribution >= 0.6 is 23.2 Å². The standard InChI is InChI=1S/C23H27Cl2N5O3/c1-14-27-12-21(33-14)18-4-3-17(10-16(18)13-31)29-6-8-30(9-7-29)23(32)28-22(26)15-2-5-19(24)20(25)11-15/h2-5,11-12,16,22,31H,6-10,13,26H2,1H3,(H,28,32). The third-order valence-electron chi connectivity index (χ3n) is 6.03. The van der Waals surface area contributed by atoms with Gasteiger partial charge in [0.1, 0.15) is 6.17 Å². The number of benzene rings is 1. The topological polar surface area (TPSA) is 108 Å². The molecular formula is C23H27Cl2N5O3. The minimum Gasteiger partial charge on any atom is -0.441 e. The molecule has 0 bridgehead atoms. The number of nitrogens with two attached hydrogens (primary N) is 1. The molecule has 4 rings (SSSR count). The summed E-state index contributed by atoms with van der Waals surface area (Å²) < 4.78 is 5.64. The van der Waals surface area contributed by atoms with Gasteiger partial charge in [-0.25, -0.2) is 9.78 Å². The number of carbonyl (C=O) groups excluding carboxylic acids is 1. The minimum atomic E-state index is -0.681. The molecule has 2 aliphatic rings. The molecule has 33 heavy (non-hydrogen) atoms. The number of nitrogens with zero attached hydrogens (tertiary/aromatic N) is 3. The monoisotopic (exact) mass is 491 g/mol. The highest BCUT2D eigenvalue weighted by molar-refractivity contribution is 6.42. The molecule has 0 radical (unpaired) electrons. The number of nitrogens with one attached hydrogen (secondary N) is 1. The smallest absolute Gasteiger partial charge is 0.319 e. The van der Waals surface area contributed by atoms with Crippen LogP contribution in [0, 0.1) is 12.8 Å². The second-order valence-corrected chi connectivity index (χ2v) is 9.00. The highest BCUT2D eigenvalue weighted by Gasteiger charge is 2.28. The molecule has 1 aliphatic carbocycles. The molecule has 1 aromatic heterocycles. The van der Waals surface area contributed by atoms with Crippen molar-refractivity contribution in [3.8, 4) is 0 Å². The van der Waals surface area contributed by atoms with Crippen molar-refractivity contribution in [3.05, 3.63) is 69.5 Å². The first-order valence-electron chi connectivity index (χ1n) is 10.8. The van der Waals surface area contributed by atoms with E-state index >= 15 is 0 Å². The largest absolute Gasteiger partial charge is 0.441 e. The summed E-state index contributed by atoms with van der Waals surface area (Å²) in [6.45, 7) is 4.36. The molecule has 2 aromatic rings. The van der Waals surface area contributed by atoms with Crippen LogP contribution in [0.25, 0.3) is 5.57 Å². The Morgan fingerprint density at radius 3 is 2.67 bits per heavy atom. The third kappa shape index (κ3) is 5.35. The molecule has 0 saturated carbocycles.